The summed E-state index contributed by atoms with van der Waals surface area (Å²) in [6.45, 7) is 0.205. The molecule has 6 nitrogen and oxygen atoms in total. The van der Waals surface area contributed by atoms with Crippen LogP contribution in [0.2, 0.25) is 0 Å². The molecule has 1 aliphatic rings. The number of alkyl halides is 3. The van der Waals surface area contributed by atoms with E-state index in [1.807, 2.05) is 0 Å². The van der Waals surface area contributed by atoms with E-state index < -0.39 is 28.2 Å². The van der Waals surface area contributed by atoms with Gasteiger partial charge in [-0.25, -0.2) is 13.1 Å². The Morgan fingerprint density at radius 1 is 1.36 bits per heavy atom. The summed E-state index contributed by atoms with van der Waals surface area (Å²) in [5, 5.41) is 0. The lowest BCUT2D eigenvalue weighted by molar-refractivity contribution is -0.274. The van der Waals surface area contributed by atoms with E-state index in [4.69, 9.17) is 0 Å². The number of carbonyl (C=O) groups is 1. The lowest BCUT2D eigenvalue weighted by atomic mass is 10.3. The Hall–Kier alpha value is -1.81. The van der Waals surface area contributed by atoms with Crippen molar-refractivity contribution in [2.24, 2.45) is 0 Å². The zero-order chi connectivity index (χ0) is 16.5. The molecule has 0 bridgehead atoms. The van der Waals surface area contributed by atoms with Crippen LogP contribution in [0.3, 0.4) is 0 Å². The molecule has 0 aliphatic carbocycles. The normalized spacial score (nSPS) is 19.5. The third kappa shape index (κ3) is 4.10. The summed E-state index contributed by atoms with van der Waals surface area (Å²) in [4.78, 5) is 12.4. The maximum atomic E-state index is 12.2. The fraction of sp³-hybridized carbons (Fsp3) is 0.417. The SMILES string of the molecule is CN1CC(NS(=O)(=O)c2cccc(OC(F)(F)F)c2)CC1=O. The van der Waals surface area contributed by atoms with Gasteiger partial charge in [0.15, 0.2) is 0 Å². The molecule has 1 heterocycles. The third-order valence-electron chi connectivity index (χ3n) is 3.01. The number of hydrogen-bond acceptors (Lipinski definition) is 4. The predicted octanol–water partition coefficient (Wildman–Crippen LogP) is 1.09. The first kappa shape index (κ1) is 16.6. The van der Waals surface area contributed by atoms with Crippen LogP contribution in [0.1, 0.15) is 6.42 Å². The van der Waals surface area contributed by atoms with Gasteiger partial charge in [0.25, 0.3) is 0 Å². The molecule has 1 unspecified atom stereocenters. The van der Waals surface area contributed by atoms with Crippen molar-refractivity contribution < 1.29 is 31.1 Å². The fourth-order valence-electron chi connectivity index (χ4n) is 2.07. The van der Waals surface area contributed by atoms with Gasteiger partial charge in [0, 0.05) is 32.1 Å². The van der Waals surface area contributed by atoms with Crippen LogP contribution in [0.25, 0.3) is 0 Å². The molecule has 0 spiro atoms. The molecular formula is C12H13F3N2O4S. The average Bonchev–Trinajstić information content (AvgIpc) is 2.65. The second-order valence-electron chi connectivity index (χ2n) is 4.82. The number of sulfonamides is 1. The van der Waals surface area contributed by atoms with Crippen molar-refractivity contribution in [2.45, 2.75) is 23.7 Å². The van der Waals surface area contributed by atoms with Gasteiger partial charge in [-0.1, -0.05) is 6.07 Å². The van der Waals surface area contributed by atoms with Crippen molar-refractivity contribution in [3.63, 3.8) is 0 Å². The van der Waals surface area contributed by atoms with Gasteiger partial charge in [-0.3, -0.25) is 4.79 Å². The third-order valence-corrected chi connectivity index (χ3v) is 4.53. The van der Waals surface area contributed by atoms with E-state index in [9.17, 15) is 26.4 Å². The van der Waals surface area contributed by atoms with E-state index in [1.54, 1.807) is 0 Å². The number of nitrogens with zero attached hydrogens (tertiary/aromatic N) is 1. The molecule has 1 amide bonds. The van der Waals surface area contributed by atoms with Gasteiger partial charge in [-0.2, -0.15) is 0 Å². The number of likely N-dealkylation sites (N-methyl/N-ethyl adjacent to an activating group) is 1. The largest absolute Gasteiger partial charge is 0.573 e. The minimum Gasteiger partial charge on any atom is -0.406 e. The summed E-state index contributed by atoms with van der Waals surface area (Å²) < 4.78 is 66.7. The Morgan fingerprint density at radius 3 is 2.59 bits per heavy atom. The molecule has 1 fully saturated rings. The number of nitrogens with one attached hydrogen (secondary N) is 1. The fourth-order valence-corrected chi connectivity index (χ4v) is 3.33. The zero-order valence-electron chi connectivity index (χ0n) is 11.4. The molecule has 1 aromatic carbocycles. The first-order chi connectivity index (χ1) is 10.1. The number of rotatable bonds is 4. The van der Waals surface area contributed by atoms with Crippen molar-refractivity contribution in [3.8, 4) is 5.75 Å². The van der Waals surface area contributed by atoms with E-state index >= 15 is 0 Å². The number of likely N-dealkylation sites (tertiary alicyclic amines) is 1. The minimum atomic E-state index is -4.91. The van der Waals surface area contributed by atoms with Crippen molar-refractivity contribution in [2.75, 3.05) is 13.6 Å². The Labute approximate surface area is 124 Å². The van der Waals surface area contributed by atoms with Gasteiger partial charge < -0.3 is 9.64 Å². The highest BCUT2D eigenvalue weighted by atomic mass is 32.2. The lowest BCUT2D eigenvalue weighted by Crippen LogP contribution is -2.36. The number of carbonyl (C=O) groups excluding carboxylic acids is 1. The van der Waals surface area contributed by atoms with Crippen LogP contribution in [0, 0.1) is 0 Å². The number of hydrogen-bond donors (Lipinski definition) is 1. The van der Waals surface area contributed by atoms with E-state index in [0.717, 1.165) is 24.3 Å². The van der Waals surface area contributed by atoms with Crippen LogP contribution in [-0.2, 0) is 14.8 Å². The molecule has 122 valence electrons. The minimum absolute atomic E-state index is 0.00840. The topological polar surface area (TPSA) is 75.7 Å². The molecule has 1 atom stereocenters. The molecule has 1 N–H and O–H groups in total. The maximum absolute atomic E-state index is 12.2. The van der Waals surface area contributed by atoms with Crippen molar-refractivity contribution in [1.82, 2.24) is 9.62 Å². The molecule has 0 radical (unpaired) electrons. The summed E-state index contributed by atoms with van der Waals surface area (Å²) in [6, 6.07) is 3.44. The summed E-state index contributed by atoms with van der Waals surface area (Å²) in [6.07, 6.45) is -4.90. The van der Waals surface area contributed by atoms with Crippen molar-refractivity contribution >= 4 is 15.9 Å². The first-order valence-corrected chi connectivity index (χ1v) is 7.67. The number of ether oxygens (including phenoxy) is 1. The summed E-state index contributed by atoms with van der Waals surface area (Å²) in [5.74, 6) is -0.836. The highest BCUT2D eigenvalue weighted by Crippen LogP contribution is 2.25. The van der Waals surface area contributed by atoms with Crippen LogP contribution < -0.4 is 9.46 Å². The van der Waals surface area contributed by atoms with Gasteiger partial charge in [0.2, 0.25) is 15.9 Å². The molecule has 1 saturated heterocycles. The van der Waals surface area contributed by atoms with E-state index in [1.165, 1.54) is 11.9 Å². The average molecular weight is 338 g/mol. The highest BCUT2D eigenvalue weighted by Gasteiger charge is 2.33. The second kappa shape index (κ2) is 5.76. The number of halogens is 3. The van der Waals surface area contributed by atoms with Crippen LogP contribution >= 0.6 is 0 Å². The molecule has 1 aliphatic heterocycles. The molecule has 1 aromatic rings. The zero-order valence-corrected chi connectivity index (χ0v) is 12.2. The molecular weight excluding hydrogens is 325 g/mol. The Bertz CT molecular complexity index is 675. The first-order valence-electron chi connectivity index (χ1n) is 6.19. The van der Waals surface area contributed by atoms with Crippen molar-refractivity contribution in [1.29, 1.82) is 0 Å². The number of benzene rings is 1. The van der Waals surface area contributed by atoms with Crippen LogP contribution in [-0.4, -0.2) is 45.2 Å². The van der Waals surface area contributed by atoms with Gasteiger partial charge in [-0.05, 0) is 12.1 Å². The Morgan fingerprint density at radius 2 is 2.05 bits per heavy atom. The van der Waals surface area contributed by atoms with Gasteiger partial charge in [-0.15, -0.1) is 13.2 Å². The lowest BCUT2D eigenvalue weighted by Gasteiger charge is -2.14. The monoisotopic (exact) mass is 338 g/mol. The predicted molar refractivity (Wildman–Crippen MR) is 69.5 cm³/mol. The molecule has 10 heteroatoms. The van der Waals surface area contributed by atoms with Crippen LogP contribution in [0.4, 0.5) is 13.2 Å². The molecule has 22 heavy (non-hydrogen) atoms. The van der Waals surface area contributed by atoms with Crippen LogP contribution in [0.5, 0.6) is 5.75 Å². The standard InChI is InChI=1S/C12H13F3N2O4S/c1-17-7-8(5-11(17)18)16-22(19,20)10-4-2-3-9(6-10)21-12(13,14)15/h2-4,6,8,16H,5,7H2,1H3. The van der Waals surface area contributed by atoms with E-state index in [-0.39, 0.29) is 23.8 Å². The summed E-state index contributed by atoms with van der Waals surface area (Å²) in [7, 11) is -2.51. The van der Waals surface area contributed by atoms with Gasteiger partial charge >= 0.3 is 6.36 Å². The number of amides is 1. The van der Waals surface area contributed by atoms with E-state index in [2.05, 4.69) is 9.46 Å². The van der Waals surface area contributed by atoms with E-state index in [0.29, 0.717) is 0 Å². The van der Waals surface area contributed by atoms with Gasteiger partial charge in [0.1, 0.15) is 5.75 Å². The highest BCUT2D eigenvalue weighted by molar-refractivity contribution is 7.89. The second-order valence-corrected chi connectivity index (χ2v) is 6.53. The quantitative estimate of drug-likeness (QED) is 0.892. The Balaban J connectivity index is 2.16. The smallest absolute Gasteiger partial charge is 0.406 e. The summed E-state index contributed by atoms with van der Waals surface area (Å²) >= 11 is 0. The molecule has 0 saturated carbocycles. The van der Waals surface area contributed by atoms with Crippen molar-refractivity contribution in [3.05, 3.63) is 24.3 Å². The molecule has 0 aromatic heterocycles. The van der Waals surface area contributed by atoms with Crippen LogP contribution in [0.15, 0.2) is 29.2 Å². The summed E-state index contributed by atoms with van der Waals surface area (Å²) in [5.41, 5.74) is 0. The molecule has 2 rings (SSSR count). The van der Waals surface area contributed by atoms with Gasteiger partial charge in [0.05, 0.1) is 4.90 Å². The Kier molecular flexibility index (Phi) is 4.34. The maximum Gasteiger partial charge on any atom is 0.573 e.